The zero-order chi connectivity index (χ0) is 19.8. The molecule has 152 valence electrons. The molecular formula is C18H35N2O6+. The Bertz CT molecular complexity index is 412. The van der Waals surface area contributed by atoms with Crippen molar-refractivity contribution in [2.75, 3.05) is 39.3 Å². The van der Waals surface area contributed by atoms with Gasteiger partial charge in [-0.15, -0.1) is 0 Å². The van der Waals surface area contributed by atoms with Crippen LogP contribution in [0.2, 0.25) is 0 Å². The number of hydrogen-bond acceptors (Lipinski definition) is 4. The number of carboxylic acids is 2. The predicted molar refractivity (Wildman–Crippen MR) is 97.7 cm³/mol. The van der Waals surface area contributed by atoms with E-state index in [0.29, 0.717) is 6.42 Å². The molecule has 0 saturated carbocycles. The van der Waals surface area contributed by atoms with E-state index in [-0.39, 0.29) is 36.6 Å². The predicted octanol–water partition coefficient (Wildman–Crippen LogP) is 1.22. The van der Waals surface area contributed by atoms with Crippen LogP contribution in [0.5, 0.6) is 0 Å². The molecule has 0 fully saturated rings. The summed E-state index contributed by atoms with van der Waals surface area (Å²) in [5, 5.41) is 30.0. The van der Waals surface area contributed by atoms with Crippen LogP contribution in [-0.4, -0.2) is 77.0 Å². The molecule has 0 aliphatic heterocycles. The Kier molecular flexibility index (Phi) is 13.6. The summed E-state index contributed by atoms with van der Waals surface area (Å²) in [5.41, 5.74) is 0. The molecule has 4 N–H and O–H groups in total. The number of nitrogens with zero attached hydrogens (tertiary/aromatic N) is 1. The second-order valence-corrected chi connectivity index (χ2v) is 6.84. The van der Waals surface area contributed by atoms with E-state index in [1.54, 1.807) is 0 Å². The molecule has 0 aromatic rings. The molecular weight excluding hydrogens is 340 g/mol. The van der Waals surface area contributed by atoms with Crippen molar-refractivity contribution in [3.05, 3.63) is 0 Å². The summed E-state index contributed by atoms with van der Waals surface area (Å²) in [6, 6.07) is 0. The Labute approximate surface area is 155 Å². The molecule has 8 heteroatoms. The fourth-order valence-electron chi connectivity index (χ4n) is 3.03. The molecule has 26 heavy (non-hydrogen) atoms. The third-order valence-electron chi connectivity index (χ3n) is 4.43. The van der Waals surface area contributed by atoms with Crippen LogP contribution in [0.1, 0.15) is 58.3 Å². The van der Waals surface area contributed by atoms with Gasteiger partial charge in [-0.2, -0.15) is 0 Å². The topological polar surface area (TPSA) is 124 Å². The maximum atomic E-state index is 11.9. The van der Waals surface area contributed by atoms with E-state index in [1.807, 2.05) is 0 Å². The lowest BCUT2D eigenvalue weighted by atomic mass is 10.1. The second-order valence-electron chi connectivity index (χ2n) is 6.84. The van der Waals surface area contributed by atoms with Crippen LogP contribution >= 0.6 is 0 Å². The minimum absolute atomic E-state index is 0.0201. The Hall–Kier alpha value is -1.67. The summed E-state index contributed by atoms with van der Waals surface area (Å²) in [6.07, 6.45) is 8.27. The lowest BCUT2D eigenvalue weighted by molar-refractivity contribution is -0.913. The van der Waals surface area contributed by atoms with E-state index in [4.69, 9.17) is 15.3 Å². The molecule has 1 amide bonds. The molecule has 8 nitrogen and oxygen atoms in total. The number of carbonyl (C=O) groups excluding carboxylic acids is 1. The highest BCUT2D eigenvalue weighted by molar-refractivity contribution is 5.75. The van der Waals surface area contributed by atoms with Gasteiger partial charge in [0, 0.05) is 6.42 Å². The van der Waals surface area contributed by atoms with Gasteiger partial charge in [-0.3, -0.25) is 4.79 Å². The largest absolute Gasteiger partial charge is 0.477 e. The number of amides is 1. The molecule has 0 radical (unpaired) electrons. The average Bonchev–Trinajstić information content (AvgIpc) is 2.53. The van der Waals surface area contributed by atoms with Gasteiger partial charge in [-0.05, 0) is 6.42 Å². The maximum Gasteiger partial charge on any atom is 0.359 e. The van der Waals surface area contributed by atoms with Crippen molar-refractivity contribution in [3.63, 3.8) is 0 Å². The van der Waals surface area contributed by atoms with Gasteiger partial charge in [0.25, 0.3) is 0 Å². The average molecular weight is 375 g/mol. The third kappa shape index (κ3) is 12.7. The lowest BCUT2D eigenvalue weighted by Gasteiger charge is -2.35. The van der Waals surface area contributed by atoms with Crippen LogP contribution in [-0.2, 0) is 14.4 Å². The molecule has 0 unspecified atom stereocenters. The van der Waals surface area contributed by atoms with E-state index in [1.165, 1.54) is 25.7 Å². The summed E-state index contributed by atoms with van der Waals surface area (Å²) in [4.78, 5) is 34.0. The second kappa shape index (κ2) is 14.5. The van der Waals surface area contributed by atoms with Crippen molar-refractivity contribution in [1.82, 2.24) is 5.32 Å². The summed E-state index contributed by atoms with van der Waals surface area (Å²) in [7, 11) is 0. The number of aliphatic carboxylic acids is 2. The summed E-state index contributed by atoms with van der Waals surface area (Å²) in [5.74, 6) is -2.37. The SMILES string of the molecule is CCCCCCCCCC(=O)NCC[N+](CCO)(CC(=O)O)CC(=O)O. The van der Waals surface area contributed by atoms with Crippen molar-refractivity contribution >= 4 is 17.8 Å². The normalized spacial score (nSPS) is 11.3. The van der Waals surface area contributed by atoms with Gasteiger partial charge in [0.05, 0.1) is 19.7 Å². The highest BCUT2D eigenvalue weighted by Crippen LogP contribution is 2.09. The highest BCUT2D eigenvalue weighted by Gasteiger charge is 2.32. The van der Waals surface area contributed by atoms with Crippen LogP contribution in [0.25, 0.3) is 0 Å². The van der Waals surface area contributed by atoms with Crippen LogP contribution in [0.3, 0.4) is 0 Å². The van der Waals surface area contributed by atoms with E-state index < -0.39 is 25.0 Å². The van der Waals surface area contributed by atoms with E-state index in [0.717, 1.165) is 19.3 Å². The van der Waals surface area contributed by atoms with Gasteiger partial charge in [-0.25, -0.2) is 9.59 Å². The Morgan fingerprint density at radius 1 is 0.846 bits per heavy atom. The molecule has 0 heterocycles. The molecule has 0 aromatic heterocycles. The number of unbranched alkanes of at least 4 members (excludes halogenated alkanes) is 6. The smallest absolute Gasteiger partial charge is 0.359 e. The molecule has 0 bridgehead atoms. The fourth-order valence-corrected chi connectivity index (χ4v) is 3.03. The standard InChI is InChI=1S/C18H34N2O6/c1-2-3-4-5-6-7-8-9-16(22)19-10-11-20(12-13-21,14-17(23)24)15-18(25)26/h21H,2-15H2,1H3,(H2-,19,22,23,24,25,26)/p+1. The molecule has 0 aliphatic rings. The van der Waals surface area contributed by atoms with E-state index in [9.17, 15) is 14.4 Å². The van der Waals surface area contributed by atoms with Crippen LogP contribution in [0, 0.1) is 0 Å². The Balaban J connectivity index is 4.20. The summed E-state index contributed by atoms with van der Waals surface area (Å²) in [6.45, 7) is 1.42. The van der Waals surface area contributed by atoms with Crippen molar-refractivity contribution in [2.45, 2.75) is 58.3 Å². The van der Waals surface area contributed by atoms with Gasteiger partial charge >= 0.3 is 11.9 Å². The lowest BCUT2D eigenvalue weighted by Crippen LogP contribution is -2.58. The molecule has 0 spiro atoms. The van der Waals surface area contributed by atoms with Crippen LogP contribution < -0.4 is 5.32 Å². The number of nitrogens with one attached hydrogen (secondary N) is 1. The fraction of sp³-hybridized carbons (Fsp3) is 0.833. The Morgan fingerprint density at radius 2 is 1.38 bits per heavy atom. The minimum Gasteiger partial charge on any atom is -0.477 e. The molecule has 0 rings (SSSR count). The minimum atomic E-state index is -1.13. The number of aliphatic hydroxyl groups is 1. The number of carboxylic acid groups (broad SMARTS) is 2. The molecule has 0 aliphatic carbocycles. The first kappa shape index (κ1) is 24.3. The van der Waals surface area contributed by atoms with Gasteiger partial charge in [0.1, 0.15) is 6.54 Å². The van der Waals surface area contributed by atoms with Crippen molar-refractivity contribution in [1.29, 1.82) is 0 Å². The number of rotatable bonds is 17. The summed E-state index contributed by atoms with van der Waals surface area (Å²) >= 11 is 0. The first-order valence-electron chi connectivity index (χ1n) is 9.51. The van der Waals surface area contributed by atoms with Gasteiger partial charge in [0.2, 0.25) is 5.91 Å². The molecule has 0 aromatic carbocycles. The molecule has 0 saturated heterocycles. The van der Waals surface area contributed by atoms with Crippen molar-refractivity contribution in [3.8, 4) is 0 Å². The van der Waals surface area contributed by atoms with Crippen molar-refractivity contribution in [2.24, 2.45) is 0 Å². The van der Waals surface area contributed by atoms with Crippen LogP contribution in [0.15, 0.2) is 0 Å². The summed E-state index contributed by atoms with van der Waals surface area (Å²) < 4.78 is -0.293. The van der Waals surface area contributed by atoms with Crippen LogP contribution in [0.4, 0.5) is 0 Å². The highest BCUT2D eigenvalue weighted by atomic mass is 16.4. The number of quaternary nitrogens is 1. The number of carbonyl (C=O) groups is 3. The van der Waals surface area contributed by atoms with E-state index >= 15 is 0 Å². The van der Waals surface area contributed by atoms with Gasteiger partial charge in [0.15, 0.2) is 13.1 Å². The van der Waals surface area contributed by atoms with Crippen molar-refractivity contribution < 1.29 is 34.2 Å². The maximum absolute atomic E-state index is 11.9. The van der Waals surface area contributed by atoms with Gasteiger partial charge < -0.3 is 25.1 Å². The zero-order valence-corrected chi connectivity index (χ0v) is 15.9. The van der Waals surface area contributed by atoms with Gasteiger partial charge in [-0.1, -0.05) is 45.4 Å². The monoisotopic (exact) mass is 375 g/mol. The Morgan fingerprint density at radius 3 is 1.88 bits per heavy atom. The first-order chi connectivity index (χ1) is 12.3. The quantitative estimate of drug-likeness (QED) is 0.224. The number of aliphatic hydroxyl groups excluding tert-OH is 1. The third-order valence-corrected chi connectivity index (χ3v) is 4.43. The number of hydrogen-bond donors (Lipinski definition) is 4. The van der Waals surface area contributed by atoms with E-state index in [2.05, 4.69) is 12.2 Å². The zero-order valence-electron chi connectivity index (χ0n) is 15.9. The first-order valence-corrected chi connectivity index (χ1v) is 9.51. The molecule has 0 atom stereocenters.